The van der Waals surface area contributed by atoms with Crippen molar-refractivity contribution in [2.75, 3.05) is 30.8 Å². The molecule has 2 heterocycles. The molecular formula is C16H21N5O2S. The van der Waals surface area contributed by atoms with Crippen molar-refractivity contribution in [1.82, 2.24) is 14.3 Å². The number of rotatable bonds is 5. The third kappa shape index (κ3) is 3.34. The van der Waals surface area contributed by atoms with Crippen LogP contribution in [-0.2, 0) is 10.0 Å². The molecule has 0 spiro atoms. The predicted molar refractivity (Wildman–Crippen MR) is 94.0 cm³/mol. The Kier molecular flexibility index (Phi) is 4.68. The van der Waals surface area contributed by atoms with E-state index in [-0.39, 0.29) is 0 Å². The zero-order valence-electron chi connectivity index (χ0n) is 13.8. The van der Waals surface area contributed by atoms with Gasteiger partial charge in [-0.15, -0.1) is 0 Å². The molecule has 1 aliphatic rings. The average molecular weight is 347 g/mol. The minimum atomic E-state index is -3.43. The van der Waals surface area contributed by atoms with Crippen molar-refractivity contribution in [2.24, 2.45) is 0 Å². The fourth-order valence-corrected chi connectivity index (χ4v) is 4.20. The molecule has 128 valence electrons. The first-order chi connectivity index (χ1) is 11.5. The number of aryl methyl sites for hydroxylation is 1. The first-order valence-electron chi connectivity index (χ1n) is 7.89. The van der Waals surface area contributed by atoms with E-state index in [0.29, 0.717) is 35.4 Å². The Bertz CT molecular complexity index is 832. The maximum Gasteiger partial charge on any atom is 0.243 e. The summed E-state index contributed by atoms with van der Waals surface area (Å²) in [4.78, 5) is 8.81. The second-order valence-corrected chi connectivity index (χ2v) is 7.68. The van der Waals surface area contributed by atoms with Crippen LogP contribution in [0.4, 0.5) is 17.5 Å². The Labute approximate surface area is 142 Å². The number of nitrogens with one attached hydrogen (secondary N) is 2. The van der Waals surface area contributed by atoms with Crippen LogP contribution in [0.2, 0.25) is 0 Å². The van der Waals surface area contributed by atoms with Crippen LogP contribution in [0.3, 0.4) is 0 Å². The van der Waals surface area contributed by atoms with Crippen LogP contribution < -0.4 is 10.6 Å². The Morgan fingerprint density at radius 3 is 2.67 bits per heavy atom. The summed E-state index contributed by atoms with van der Waals surface area (Å²) < 4.78 is 26.9. The van der Waals surface area contributed by atoms with E-state index in [4.69, 9.17) is 0 Å². The Hall–Kier alpha value is -2.19. The summed E-state index contributed by atoms with van der Waals surface area (Å²) in [5, 5.41) is 6.06. The van der Waals surface area contributed by atoms with E-state index >= 15 is 0 Å². The quantitative estimate of drug-likeness (QED) is 0.863. The lowest BCUT2D eigenvalue weighted by Crippen LogP contribution is -2.27. The van der Waals surface area contributed by atoms with E-state index in [0.717, 1.165) is 18.4 Å². The number of aromatic nitrogens is 2. The van der Waals surface area contributed by atoms with Crippen molar-refractivity contribution in [2.45, 2.75) is 24.7 Å². The second-order valence-electron chi connectivity index (χ2n) is 5.74. The Morgan fingerprint density at radius 1 is 1.21 bits per heavy atom. The lowest BCUT2D eigenvalue weighted by molar-refractivity contribution is 0.477. The van der Waals surface area contributed by atoms with Crippen molar-refractivity contribution in [3.63, 3.8) is 0 Å². The molecule has 1 aromatic carbocycles. The molecule has 1 aliphatic heterocycles. The van der Waals surface area contributed by atoms with Gasteiger partial charge in [0, 0.05) is 37.6 Å². The monoisotopic (exact) mass is 347 g/mol. The molecular weight excluding hydrogens is 326 g/mol. The van der Waals surface area contributed by atoms with Gasteiger partial charge in [-0.05, 0) is 38.0 Å². The van der Waals surface area contributed by atoms with Crippen LogP contribution in [0.1, 0.15) is 18.4 Å². The molecule has 8 heteroatoms. The Morgan fingerprint density at radius 2 is 1.96 bits per heavy atom. The SMILES string of the molecule is CNc1ncc(C)c(Nc2cccc(S(=O)(=O)N3CCCC3)c2)n1. The summed E-state index contributed by atoms with van der Waals surface area (Å²) in [6.07, 6.45) is 3.56. The molecule has 0 aliphatic carbocycles. The number of hydrogen-bond acceptors (Lipinski definition) is 6. The van der Waals surface area contributed by atoms with Gasteiger partial charge in [-0.2, -0.15) is 9.29 Å². The second kappa shape index (κ2) is 6.74. The van der Waals surface area contributed by atoms with Crippen LogP contribution in [0, 0.1) is 6.92 Å². The molecule has 0 unspecified atom stereocenters. The number of hydrogen-bond donors (Lipinski definition) is 2. The van der Waals surface area contributed by atoms with Crippen LogP contribution in [0.5, 0.6) is 0 Å². The first-order valence-corrected chi connectivity index (χ1v) is 9.33. The standard InChI is InChI=1S/C16H21N5O2S/c1-12-11-18-16(17-2)20-15(12)19-13-6-5-7-14(10-13)24(22,23)21-8-3-4-9-21/h5-7,10-11H,3-4,8-9H2,1-2H3,(H2,17,18,19,20). The molecule has 0 radical (unpaired) electrons. The van der Waals surface area contributed by atoms with Crippen LogP contribution >= 0.6 is 0 Å². The highest BCUT2D eigenvalue weighted by Gasteiger charge is 2.27. The third-order valence-corrected chi connectivity index (χ3v) is 5.89. The molecule has 0 bridgehead atoms. The van der Waals surface area contributed by atoms with Crippen molar-refractivity contribution >= 4 is 27.5 Å². The third-order valence-electron chi connectivity index (χ3n) is 3.99. The molecule has 24 heavy (non-hydrogen) atoms. The summed E-state index contributed by atoms with van der Waals surface area (Å²) in [6.45, 7) is 3.08. The normalized spacial score (nSPS) is 15.4. The minimum absolute atomic E-state index is 0.301. The zero-order valence-corrected chi connectivity index (χ0v) is 14.6. The Balaban J connectivity index is 1.88. The van der Waals surface area contributed by atoms with Gasteiger partial charge in [0.05, 0.1) is 4.90 Å². The zero-order chi connectivity index (χ0) is 17.2. The van der Waals surface area contributed by atoms with Crippen molar-refractivity contribution in [3.8, 4) is 0 Å². The van der Waals surface area contributed by atoms with E-state index in [9.17, 15) is 8.42 Å². The molecule has 0 saturated carbocycles. The van der Waals surface area contributed by atoms with Crippen LogP contribution in [0.15, 0.2) is 35.4 Å². The van der Waals surface area contributed by atoms with Gasteiger partial charge in [-0.25, -0.2) is 13.4 Å². The summed E-state index contributed by atoms with van der Waals surface area (Å²) in [5.74, 6) is 1.15. The highest BCUT2D eigenvalue weighted by Crippen LogP contribution is 2.25. The maximum atomic E-state index is 12.7. The molecule has 2 N–H and O–H groups in total. The number of sulfonamides is 1. The van der Waals surface area contributed by atoms with Gasteiger partial charge in [-0.3, -0.25) is 0 Å². The van der Waals surface area contributed by atoms with Gasteiger partial charge in [-0.1, -0.05) is 6.07 Å². The van der Waals surface area contributed by atoms with Gasteiger partial charge in [0.15, 0.2) is 0 Å². The highest BCUT2D eigenvalue weighted by atomic mass is 32.2. The summed E-state index contributed by atoms with van der Waals surface area (Å²) in [7, 11) is -1.68. The molecule has 1 aromatic heterocycles. The van der Waals surface area contributed by atoms with Crippen LogP contribution in [0.25, 0.3) is 0 Å². The maximum absolute atomic E-state index is 12.7. The minimum Gasteiger partial charge on any atom is -0.357 e. The van der Waals surface area contributed by atoms with Gasteiger partial charge in [0.25, 0.3) is 0 Å². The average Bonchev–Trinajstić information content (AvgIpc) is 3.12. The van der Waals surface area contributed by atoms with E-state index in [1.54, 1.807) is 35.7 Å². The van der Waals surface area contributed by atoms with Gasteiger partial charge in [0.2, 0.25) is 16.0 Å². The number of nitrogens with zero attached hydrogens (tertiary/aromatic N) is 3. The first kappa shape index (κ1) is 16.7. The van der Waals surface area contributed by atoms with Crippen molar-refractivity contribution in [3.05, 3.63) is 36.0 Å². The summed E-state index contributed by atoms with van der Waals surface area (Å²) >= 11 is 0. The number of benzene rings is 1. The lowest BCUT2D eigenvalue weighted by Gasteiger charge is -2.16. The van der Waals surface area contributed by atoms with E-state index < -0.39 is 10.0 Å². The summed E-state index contributed by atoms with van der Waals surface area (Å²) in [6, 6.07) is 6.84. The molecule has 7 nitrogen and oxygen atoms in total. The smallest absolute Gasteiger partial charge is 0.243 e. The molecule has 0 amide bonds. The molecule has 1 fully saturated rings. The van der Waals surface area contributed by atoms with Gasteiger partial charge < -0.3 is 10.6 Å². The lowest BCUT2D eigenvalue weighted by atomic mass is 10.3. The molecule has 0 atom stereocenters. The van der Waals surface area contributed by atoms with E-state index in [1.807, 2.05) is 13.0 Å². The van der Waals surface area contributed by atoms with E-state index in [1.165, 1.54) is 0 Å². The van der Waals surface area contributed by atoms with Crippen molar-refractivity contribution < 1.29 is 8.42 Å². The fraction of sp³-hybridized carbons (Fsp3) is 0.375. The summed E-state index contributed by atoms with van der Waals surface area (Å²) in [5.41, 5.74) is 1.56. The van der Waals surface area contributed by atoms with E-state index in [2.05, 4.69) is 20.6 Å². The van der Waals surface area contributed by atoms with Crippen molar-refractivity contribution in [1.29, 1.82) is 0 Å². The fourth-order valence-electron chi connectivity index (χ4n) is 2.64. The largest absolute Gasteiger partial charge is 0.357 e. The molecule has 2 aromatic rings. The topological polar surface area (TPSA) is 87.2 Å². The highest BCUT2D eigenvalue weighted by molar-refractivity contribution is 7.89. The molecule has 3 rings (SSSR count). The number of anilines is 3. The van der Waals surface area contributed by atoms with Crippen LogP contribution in [-0.4, -0.2) is 42.8 Å². The van der Waals surface area contributed by atoms with Gasteiger partial charge in [0.1, 0.15) is 5.82 Å². The van der Waals surface area contributed by atoms with Gasteiger partial charge >= 0.3 is 0 Å². The molecule has 1 saturated heterocycles. The predicted octanol–water partition coefficient (Wildman–Crippen LogP) is 2.35.